The Balaban J connectivity index is 2.41. The predicted molar refractivity (Wildman–Crippen MR) is 42.6 cm³/mol. The van der Waals surface area contributed by atoms with Crippen LogP contribution in [0.5, 0.6) is 0 Å². The maximum absolute atomic E-state index is 11.3. The van der Waals surface area contributed by atoms with Crippen LogP contribution in [-0.4, -0.2) is 10.4 Å². The van der Waals surface area contributed by atoms with Gasteiger partial charge in [-0.25, -0.2) is 0 Å². The lowest BCUT2D eigenvalue weighted by atomic mass is 10.2. The standard InChI is InChI=1S/C9H11NO/c11-9-5-1-2-6-10-7-3-4-8(9)10/h3-4,7H,1-2,5-6H2. The molecule has 58 valence electrons. The van der Waals surface area contributed by atoms with Crippen LogP contribution < -0.4 is 0 Å². The van der Waals surface area contributed by atoms with Gasteiger partial charge in [0.25, 0.3) is 0 Å². The Labute approximate surface area is 65.8 Å². The fourth-order valence-corrected chi connectivity index (χ4v) is 1.56. The third-order valence-electron chi connectivity index (χ3n) is 2.17. The van der Waals surface area contributed by atoms with Crippen LogP contribution in [0.15, 0.2) is 18.3 Å². The molecule has 2 nitrogen and oxygen atoms in total. The zero-order valence-electron chi connectivity index (χ0n) is 6.42. The molecule has 1 aliphatic heterocycles. The molecule has 0 saturated heterocycles. The fourth-order valence-electron chi connectivity index (χ4n) is 1.56. The number of rotatable bonds is 0. The number of hydrogen-bond donors (Lipinski definition) is 0. The maximum Gasteiger partial charge on any atom is 0.179 e. The normalized spacial score (nSPS) is 17.6. The molecule has 0 fully saturated rings. The Morgan fingerprint density at radius 3 is 3.18 bits per heavy atom. The summed E-state index contributed by atoms with van der Waals surface area (Å²) in [7, 11) is 0. The number of hydrogen-bond acceptors (Lipinski definition) is 1. The second kappa shape index (κ2) is 2.53. The van der Waals surface area contributed by atoms with E-state index in [9.17, 15) is 4.79 Å². The molecule has 0 N–H and O–H groups in total. The van der Waals surface area contributed by atoms with Gasteiger partial charge in [-0.2, -0.15) is 0 Å². The van der Waals surface area contributed by atoms with Gasteiger partial charge in [0, 0.05) is 19.2 Å². The third kappa shape index (κ3) is 1.09. The van der Waals surface area contributed by atoms with Crippen molar-refractivity contribution >= 4 is 5.78 Å². The minimum absolute atomic E-state index is 0.299. The summed E-state index contributed by atoms with van der Waals surface area (Å²) >= 11 is 0. The number of Topliss-reactive ketones (excluding diaryl/α,β-unsaturated/α-hetero) is 1. The molecule has 1 aromatic rings. The van der Waals surface area contributed by atoms with Crippen LogP contribution in [0, 0.1) is 0 Å². The molecule has 0 aromatic carbocycles. The zero-order valence-corrected chi connectivity index (χ0v) is 6.42. The molecular weight excluding hydrogens is 138 g/mol. The summed E-state index contributed by atoms with van der Waals surface area (Å²) < 4.78 is 2.05. The molecule has 0 radical (unpaired) electrons. The first-order valence-electron chi connectivity index (χ1n) is 4.06. The van der Waals surface area contributed by atoms with E-state index in [0.29, 0.717) is 5.78 Å². The van der Waals surface area contributed by atoms with Gasteiger partial charge in [-0.05, 0) is 25.0 Å². The number of ketones is 1. The van der Waals surface area contributed by atoms with E-state index < -0.39 is 0 Å². The van der Waals surface area contributed by atoms with Gasteiger partial charge in [0.15, 0.2) is 5.78 Å². The van der Waals surface area contributed by atoms with Crippen molar-refractivity contribution in [2.45, 2.75) is 25.8 Å². The average Bonchev–Trinajstić information content (AvgIpc) is 2.40. The first-order chi connectivity index (χ1) is 5.38. The summed E-state index contributed by atoms with van der Waals surface area (Å²) in [5.41, 5.74) is 0.891. The molecule has 0 unspecified atom stereocenters. The Hall–Kier alpha value is -1.05. The highest BCUT2D eigenvalue weighted by atomic mass is 16.1. The van der Waals surface area contributed by atoms with E-state index in [1.165, 1.54) is 0 Å². The highest BCUT2D eigenvalue weighted by Gasteiger charge is 2.13. The molecule has 2 heteroatoms. The molecular formula is C9H11NO. The predicted octanol–water partition coefficient (Wildman–Crippen LogP) is 1.85. The SMILES string of the molecule is O=C1CCCCn2cccc21. The van der Waals surface area contributed by atoms with Crippen LogP contribution in [0.3, 0.4) is 0 Å². The number of nitrogens with zero attached hydrogens (tertiary/aromatic N) is 1. The van der Waals surface area contributed by atoms with Gasteiger partial charge in [0.2, 0.25) is 0 Å². The van der Waals surface area contributed by atoms with Crippen molar-refractivity contribution in [3.63, 3.8) is 0 Å². The molecule has 0 spiro atoms. The fraction of sp³-hybridized carbons (Fsp3) is 0.444. The number of carbonyl (C=O) groups excluding carboxylic acids is 1. The lowest BCUT2D eigenvalue weighted by molar-refractivity contribution is 0.0977. The lowest BCUT2D eigenvalue weighted by Crippen LogP contribution is -2.03. The summed E-state index contributed by atoms with van der Waals surface area (Å²) in [5.74, 6) is 0.299. The minimum Gasteiger partial charge on any atom is -0.345 e. The first kappa shape index (κ1) is 6.65. The van der Waals surface area contributed by atoms with E-state index in [2.05, 4.69) is 4.57 Å². The van der Waals surface area contributed by atoms with Gasteiger partial charge < -0.3 is 4.57 Å². The summed E-state index contributed by atoms with van der Waals surface area (Å²) in [6.45, 7) is 1.01. The average molecular weight is 149 g/mol. The molecule has 0 bridgehead atoms. The van der Waals surface area contributed by atoms with E-state index in [1.54, 1.807) is 0 Å². The highest BCUT2D eigenvalue weighted by molar-refractivity contribution is 5.94. The third-order valence-corrected chi connectivity index (χ3v) is 2.17. The first-order valence-corrected chi connectivity index (χ1v) is 4.06. The summed E-state index contributed by atoms with van der Waals surface area (Å²) in [6, 6.07) is 3.85. The van der Waals surface area contributed by atoms with Crippen LogP contribution in [0.4, 0.5) is 0 Å². The second-order valence-electron chi connectivity index (χ2n) is 2.97. The molecule has 0 atom stereocenters. The molecule has 0 amide bonds. The number of aromatic nitrogens is 1. The van der Waals surface area contributed by atoms with Crippen molar-refractivity contribution in [2.24, 2.45) is 0 Å². The molecule has 0 saturated carbocycles. The van der Waals surface area contributed by atoms with Crippen molar-refractivity contribution < 1.29 is 4.79 Å². The van der Waals surface area contributed by atoms with E-state index in [4.69, 9.17) is 0 Å². The molecule has 11 heavy (non-hydrogen) atoms. The molecule has 2 heterocycles. The van der Waals surface area contributed by atoms with Crippen LogP contribution in [0.2, 0.25) is 0 Å². The zero-order chi connectivity index (χ0) is 7.68. The molecule has 1 aliphatic rings. The van der Waals surface area contributed by atoms with E-state index in [0.717, 1.165) is 31.5 Å². The smallest absolute Gasteiger partial charge is 0.179 e. The highest BCUT2D eigenvalue weighted by Crippen LogP contribution is 2.14. The van der Waals surface area contributed by atoms with E-state index in [1.807, 2.05) is 18.3 Å². The summed E-state index contributed by atoms with van der Waals surface area (Å²) in [4.78, 5) is 11.3. The monoisotopic (exact) mass is 149 g/mol. The Morgan fingerprint density at radius 2 is 2.27 bits per heavy atom. The maximum atomic E-state index is 11.3. The number of fused-ring (bicyclic) bond motifs is 1. The molecule has 1 aromatic heterocycles. The molecule has 2 rings (SSSR count). The lowest BCUT2D eigenvalue weighted by Gasteiger charge is -2.00. The Bertz CT molecular complexity index is 275. The summed E-state index contributed by atoms with van der Waals surface area (Å²) in [5, 5.41) is 0. The van der Waals surface area contributed by atoms with Crippen LogP contribution in [0.25, 0.3) is 0 Å². The van der Waals surface area contributed by atoms with E-state index in [-0.39, 0.29) is 0 Å². The van der Waals surface area contributed by atoms with Crippen LogP contribution >= 0.6 is 0 Å². The van der Waals surface area contributed by atoms with Crippen molar-refractivity contribution in [1.82, 2.24) is 4.57 Å². The number of carbonyl (C=O) groups is 1. The quantitative estimate of drug-likeness (QED) is 0.551. The van der Waals surface area contributed by atoms with Crippen molar-refractivity contribution in [1.29, 1.82) is 0 Å². The second-order valence-corrected chi connectivity index (χ2v) is 2.97. The van der Waals surface area contributed by atoms with Gasteiger partial charge in [0.1, 0.15) is 0 Å². The Kier molecular flexibility index (Phi) is 1.53. The van der Waals surface area contributed by atoms with Crippen LogP contribution in [0.1, 0.15) is 29.8 Å². The van der Waals surface area contributed by atoms with Gasteiger partial charge in [0.05, 0.1) is 5.69 Å². The number of aryl methyl sites for hydroxylation is 1. The van der Waals surface area contributed by atoms with E-state index >= 15 is 0 Å². The largest absolute Gasteiger partial charge is 0.345 e. The van der Waals surface area contributed by atoms with Gasteiger partial charge in [-0.15, -0.1) is 0 Å². The molecule has 0 aliphatic carbocycles. The van der Waals surface area contributed by atoms with Gasteiger partial charge >= 0.3 is 0 Å². The topological polar surface area (TPSA) is 22.0 Å². The minimum atomic E-state index is 0.299. The summed E-state index contributed by atoms with van der Waals surface area (Å²) in [6.07, 6.45) is 4.89. The van der Waals surface area contributed by atoms with Crippen molar-refractivity contribution in [2.75, 3.05) is 0 Å². The van der Waals surface area contributed by atoms with Crippen LogP contribution in [-0.2, 0) is 6.54 Å². The Morgan fingerprint density at radius 1 is 1.36 bits per heavy atom. The van der Waals surface area contributed by atoms with Gasteiger partial charge in [-0.1, -0.05) is 0 Å². The van der Waals surface area contributed by atoms with Gasteiger partial charge in [-0.3, -0.25) is 4.79 Å². The van der Waals surface area contributed by atoms with Crippen molar-refractivity contribution in [3.8, 4) is 0 Å². The van der Waals surface area contributed by atoms with Crippen molar-refractivity contribution in [3.05, 3.63) is 24.0 Å².